The summed E-state index contributed by atoms with van der Waals surface area (Å²) in [5.41, 5.74) is 7.79. The number of carbonyl (C=O) groups is 2. The first-order valence-corrected chi connectivity index (χ1v) is 17.2. The van der Waals surface area contributed by atoms with Gasteiger partial charge in [0.25, 0.3) is 0 Å². The number of amides is 3. The molecule has 49 heavy (non-hydrogen) atoms. The van der Waals surface area contributed by atoms with Crippen molar-refractivity contribution in [2.75, 3.05) is 45.8 Å². The van der Waals surface area contributed by atoms with E-state index in [1.54, 1.807) is 12.1 Å². The largest absolute Gasteiger partial charge is 0.506 e. The Hall–Kier alpha value is -4.71. The molecule has 1 aromatic heterocycles. The van der Waals surface area contributed by atoms with Crippen molar-refractivity contribution in [1.82, 2.24) is 25.8 Å². The fourth-order valence-corrected chi connectivity index (χ4v) is 7.13. The van der Waals surface area contributed by atoms with Crippen LogP contribution in [-0.2, 0) is 10.2 Å². The van der Waals surface area contributed by atoms with Crippen molar-refractivity contribution < 1.29 is 19.8 Å². The molecule has 1 saturated heterocycles. The minimum absolute atomic E-state index is 0.0351. The third-order valence-electron chi connectivity index (χ3n) is 9.59. The Morgan fingerprint density at radius 1 is 0.878 bits per heavy atom. The average molecular weight is 669 g/mol. The topological polar surface area (TPSA) is 173 Å². The number of nitrogens with zero attached hydrogens (tertiary/aromatic N) is 1. The maximum absolute atomic E-state index is 13.3. The summed E-state index contributed by atoms with van der Waals surface area (Å²) < 4.78 is 0. The summed E-state index contributed by atoms with van der Waals surface area (Å²) in [6.45, 7) is 4.63. The summed E-state index contributed by atoms with van der Waals surface area (Å²) in [7, 11) is 0. The van der Waals surface area contributed by atoms with Crippen LogP contribution in [-0.4, -0.2) is 77.8 Å². The van der Waals surface area contributed by atoms with Crippen molar-refractivity contribution in [2.45, 2.75) is 43.6 Å². The van der Waals surface area contributed by atoms with Crippen molar-refractivity contribution in [3.05, 3.63) is 112 Å². The molecule has 0 saturated carbocycles. The average Bonchev–Trinajstić information content (AvgIpc) is 3.58. The second kappa shape index (κ2) is 17.1. The number of hydrogen-bond donors (Lipinski definition) is 7. The van der Waals surface area contributed by atoms with E-state index in [1.807, 2.05) is 60.7 Å². The van der Waals surface area contributed by atoms with Gasteiger partial charge in [-0.1, -0.05) is 73.2 Å². The smallest absolute Gasteiger partial charge is 0.314 e. The quantitative estimate of drug-likeness (QED) is 0.0844. The SMILES string of the molecule is NC(=O)C(c1ccccc1)(c1ccccc1)[C@@H]1CCN(CCCNC(=O)NCCCCCNC[C@@H](O)c2ccc(O)c3[nH]c(=O)ccc23)C1. The number of aromatic hydroxyl groups is 1. The number of H-pyrrole nitrogens is 1. The van der Waals surface area contributed by atoms with Crippen molar-refractivity contribution in [3.63, 3.8) is 0 Å². The summed E-state index contributed by atoms with van der Waals surface area (Å²) in [5.74, 6) is -0.323. The number of aromatic nitrogens is 1. The maximum atomic E-state index is 13.3. The fraction of sp³-hybridized carbons (Fsp3) is 0.395. The Morgan fingerprint density at radius 3 is 2.20 bits per heavy atom. The molecular formula is C38H48N6O5. The molecule has 2 atom stereocenters. The first-order valence-electron chi connectivity index (χ1n) is 17.2. The molecule has 1 aliphatic heterocycles. The molecule has 1 fully saturated rings. The van der Waals surface area contributed by atoms with E-state index in [1.165, 1.54) is 12.1 Å². The third-order valence-corrected chi connectivity index (χ3v) is 9.59. The van der Waals surface area contributed by atoms with E-state index in [0.717, 1.165) is 62.9 Å². The highest BCUT2D eigenvalue weighted by Crippen LogP contribution is 2.43. The molecule has 3 amide bonds. The number of nitrogens with two attached hydrogens (primary N) is 1. The summed E-state index contributed by atoms with van der Waals surface area (Å²) >= 11 is 0. The lowest BCUT2D eigenvalue weighted by molar-refractivity contribution is -0.123. The number of unbranched alkanes of at least 4 members (excludes halogenated alkanes) is 2. The van der Waals surface area contributed by atoms with Gasteiger partial charge in [-0.05, 0) is 80.1 Å². The Kier molecular flexibility index (Phi) is 12.4. The number of phenols is 1. The van der Waals surface area contributed by atoms with Crippen LogP contribution in [0.4, 0.5) is 4.79 Å². The van der Waals surface area contributed by atoms with Gasteiger partial charge in [-0.25, -0.2) is 4.79 Å². The van der Waals surface area contributed by atoms with Gasteiger partial charge in [-0.2, -0.15) is 0 Å². The van der Waals surface area contributed by atoms with Crippen LogP contribution < -0.4 is 27.2 Å². The summed E-state index contributed by atoms with van der Waals surface area (Å²) in [4.78, 5) is 42.2. The number of primary amides is 1. The summed E-state index contributed by atoms with van der Waals surface area (Å²) in [6.07, 6.45) is 3.51. The number of hydrogen-bond acceptors (Lipinski definition) is 7. The van der Waals surface area contributed by atoms with Crippen LogP contribution in [0.2, 0.25) is 0 Å². The Labute approximate surface area is 286 Å². The molecule has 0 aliphatic carbocycles. The predicted octanol–water partition coefficient (Wildman–Crippen LogP) is 3.51. The molecule has 0 radical (unpaired) electrons. The molecule has 0 bridgehead atoms. The van der Waals surface area contributed by atoms with Crippen LogP contribution in [0.3, 0.4) is 0 Å². The maximum Gasteiger partial charge on any atom is 0.314 e. The number of aromatic amines is 1. The van der Waals surface area contributed by atoms with Crippen LogP contribution in [0.25, 0.3) is 10.9 Å². The number of benzene rings is 3. The molecule has 3 aromatic carbocycles. The lowest BCUT2D eigenvalue weighted by Gasteiger charge is -2.37. The number of rotatable bonds is 17. The summed E-state index contributed by atoms with van der Waals surface area (Å²) in [5, 5.41) is 30.4. The molecule has 1 aliphatic rings. The number of aliphatic hydroxyl groups is 1. The number of nitrogens with one attached hydrogen (secondary N) is 4. The fourth-order valence-electron chi connectivity index (χ4n) is 7.13. The van der Waals surface area contributed by atoms with Gasteiger partial charge in [0.05, 0.1) is 11.6 Å². The Bertz CT molecular complexity index is 1690. The lowest BCUT2D eigenvalue weighted by Crippen LogP contribution is -2.49. The van der Waals surface area contributed by atoms with Crippen LogP contribution in [0.1, 0.15) is 54.9 Å². The van der Waals surface area contributed by atoms with E-state index in [4.69, 9.17) is 5.73 Å². The molecule has 0 spiro atoms. The van der Waals surface area contributed by atoms with E-state index in [-0.39, 0.29) is 29.2 Å². The zero-order chi connectivity index (χ0) is 34.6. The van der Waals surface area contributed by atoms with E-state index in [0.29, 0.717) is 42.6 Å². The minimum atomic E-state index is -0.903. The van der Waals surface area contributed by atoms with E-state index in [9.17, 15) is 24.6 Å². The molecular weight excluding hydrogens is 620 g/mol. The number of aliphatic hydroxyl groups excluding tert-OH is 1. The number of fused-ring (bicyclic) bond motifs is 1. The van der Waals surface area contributed by atoms with Gasteiger partial charge in [0.2, 0.25) is 11.5 Å². The zero-order valence-corrected chi connectivity index (χ0v) is 27.9. The normalized spacial score (nSPS) is 15.7. The van der Waals surface area contributed by atoms with Crippen molar-refractivity contribution in [2.24, 2.45) is 11.7 Å². The zero-order valence-electron chi connectivity index (χ0n) is 27.9. The van der Waals surface area contributed by atoms with Crippen molar-refractivity contribution in [1.29, 1.82) is 0 Å². The van der Waals surface area contributed by atoms with Gasteiger partial charge < -0.3 is 41.8 Å². The van der Waals surface area contributed by atoms with Crippen LogP contribution in [0, 0.1) is 5.92 Å². The van der Waals surface area contributed by atoms with Crippen LogP contribution in [0.5, 0.6) is 5.75 Å². The van der Waals surface area contributed by atoms with Gasteiger partial charge in [0.15, 0.2) is 0 Å². The molecule has 8 N–H and O–H groups in total. The Morgan fingerprint density at radius 2 is 1.53 bits per heavy atom. The first-order chi connectivity index (χ1) is 23.8. The monoisotopic (exact) mass is 668 g/mol. The number of urea groups is 1. The Balaban J connectivity index is 0.959. The molecule has 2 heterocycles. The van der Waals surface area contributed by atoms with Gasteiger partial charge in [-0.3, -0.25) is 9.59 Å². The van der Waals surface area contributed by atoms with Gasteiger partial charge >= 0.3 is 6.03 Å². The molecule has 0 unspecified atom stereocenters. The number of phenolic OH excluding ortho intramolecular Hbond substituents is 1. The minimum Gasteiger partial charge on any atom is -0.506 e. The molecule has 11 heteroatoms. The number of likely N-dealkylation sites (tertiary alicyclic amines) is 1. The van der Waals surface area contributed by atoms with E-state index in [2.05, 4.69) is 25.8 Å². The second-order valence-electron chi connectivity index (χ2n) is 12.8. The first kappa shape index (κ1) is 35.6. The molecule has 260 valence electrons. The van der Waals surface area contributed by atoms with Gasteiger partial charge in [-0.15, -0.1) is 0 Å². The highest BCUT2D eigenvalue weighted by Gasteiger charge is 2.49. The number of pyridine rings is 1. The van der Waals surface area contributed by atoms with E-state index >= 15 is 0 Å². The van der Waals surface area contributed by atoms with Gasteiger partial charge in [0, 0.05) is 37.6 Å². The standard InChI is InChI=1S/C38H48N6O5/c39-36(48)38(27-11-4-1-5-12-27,28-13-6-2-7-14-28)29-19-24-44(26-29)23-10-22-42-37(49)41-21-9-3-8-20-40-25-33(46)30-15-17-32(45)35-31(30)16-18-34(47)43-35/h1-2,4-7,11-18,29,33,40,45-46H,3,8-10,19-26H2,(H2,39,48)(H,43,47)(H2,41,42,49)/t29-,33-/m1/s1. The van der Waals surface area contributed by atoms with Crippen molar-refractivity contribution in [3.8, 4) is 5.75 Å². The van der Waals surface area contributed by atoms with Crippen LogP contribution in [0.15, 0.2) is 89.7 Å². The predicted molar refractivity (Wildman–Crippen MR) is 191 cm³/mol. The van der Waals surface area contributed by atoms with Crippen molar-refractivity contribution >= 4 is 22.8 Å². The summed E-state index contributed by atoms with van der Waals surface area (Å²) in [6, 6.07) is 25.7. The van der Waals surface area contributed by atoms with Crippen LogP contribution >= 0.6 is 0 Å². The lowest BCUT2D eigenvalue weighted by atomic mass is 9.64. The second-order valence-corrected chi connectivity index (χ2v) is 12.8. The third kappa shape index (κ3) is 8.66. The molecule has 4 aromatic rings. The highest BCUT2D eigenvalue weighted by atomic mass is 16.3. The number of carbonyl (C=O) groups excluding carboxylic acids is 2. The molecule has 11 nitrogen and oxygen atoms in total. The van der Waals surface area contributed by atoms with E-state index < -0.39 is 11.5 Å². The molecule has 5 rings (SSSR count). The van der Waals surface area contributed by atoms with Gasteiger partial charge in [0.1, 0.15) is 11.2 Å². The highest BCUT2D eigenvalue weighted by molar-refractivity contribution is 5.91.